The molecule has 3 aromatic rings. The van der Waals surface area contributed by atoms with Crippen molar-refractivity contribution in [2.75, 3.05) is 12.0 Å². The number of amides is 1. The molecule has 0 saturated carbocycles. The lowest BCUT2D eigenvalue weighted by molar-refractivity contribution is -0.132. The monoisotopic (exact) mass is 466 g/mol. The number of hydrogen-bond donors (Lipinski definition) is 1. The van der Waals surface area contributed by atoms with Crippen LogP contribution in [-0.2, 0) is 14.3 Å². The third kappa shape index (κ3) is 3.91. The van der Waals surface area contributed by atoms with Gasteiger partial charge in [0.2, 0.25) is 0 Å². The Morgan fingerprint density at radius 1 is 1.09 bits per heavy atom. The van der Waals surface area contributed by atoms with Gasteiger partial charge in [-0.2, -0.15) is 0 Å². The molecule has 0 spiro atoms. The molecule has 0 bridgehead atoms. The average Bonchev–Trinajstić information content (AvgIpc) is 3.31. The number of carbonyl (C=O) groups is 3. The largest absolute Gasteiger partial charge is 0.507 e. The molecule has 7 nitrogen and oxygen atoms in total. The zero-order chi connectivity index (χ0) is 23.9. The fraction of sp³-hybridized carbons (Fsp3) is 0.167. The maximum absolute atomic E-state index is 13.4. The SMILES string of the molecule is COC(=O)c1sc(N2C(=O)C(=O)C(=C(O)c3ccc(F)cc3)C2c2ccc(C)cc2)nc1C. The smallest absolute Gasteiger partial charge is 0.350 e. The van der Waals surface area contributed by atoms with Crippen molar-refractivity contribution in [1.29, 1.82) is 0 Å². The van der Waals surface area contributed by atoms with Crippen LogP contribution >= 0.6 is 11.3 Å². The molecule has 0 radical (unpaired) electrons. The first-order chi connectivity index (χ1) is 15.7. The predicted molar refractivity (Wildman–Crippen MR) is 121 cm³/mol. The molecule has 1 unspecified atom stereocenters. The number of aliphatic hydroxyl groups is 1. The number of carbonyl (C=O) groups excluding carboxylic acids is 3. The Morgan fingerprint density at radius 2 is 1.73 bits per heavy atom. The number of thiazole rings is 1. The van der Waals surface area contributed by atoms with Crippen LogP contribution < -0.4 is 4.90 Å². The molecule has 2 aromatic carbocycles. The minimum absolute atomic E-state index is 0.124. The van der Waals surface area contributed by atoms with E-state index in [4.69, 9.17) is 4.74 Å². The van der Waals surface area contributed by atoms with Crippen LogP contribution in [0.1, 0.15) is 38.1 Å². The molecule has 1 saturated heterocycles. The molecule has 1 atom stereocenters. The van der Waals surface area contributed by atoms with Crippen molar-refractivity contribution < 1.29 is 28.6 Å². The molecule has 33 heavy (non-hydrogen) atoms. The van der Waals surface area contributed by atoms with Crippen LogP contribution in [0.4, 0.5) is 9.52 Å². The highest BCUT2D eigenvalue weighted by Crippen LogP contribution is 2.43. The van der Waals surface area contributed by atoms with Gasteiger partial charge in [-0.25, -0.2) is 14.2 Å². The van der Waals surface area contributed by atoms with E-state index < -0.39 is 35.3 Å². The zero-order valence-corrected chi connectivity index (χ0v) is 18.8. The minimum atomic E-state index is -0.994. The van der Waals surface area contributed by atoms with Crippen molar-refractivity contribution in [2.45, 2.75) is 19.9 Å². The first kappa shape index (κ1) is 22.3. The summed E-state index contributed by atoms with van der Waals surface area (Å²) in [6.45, 7) is 3.49. The lowest BCUT2D eigenvalue weighted by Crippen LogP contribution is -2.29. The molecule has 1 N–H and O–H groups in total. The van der Waals surface area contributed by atoms with Crippen LogP contribution in [0.2, 0.25) is 0 Å². The third-order valence-corrected chi connectivity index (χ3v) is 6.45. The molecule has 0 aliphatic carbocycles. The van der Waals surface area contributed by atoms with Crippen LogP contribution in [0.5, 0.6) is 0 Å². The van der Waals surface area contributed by atoms with Crippen LogP contribution in [0.25, 0.3) is 5.76 Å². The van der Waals surface area contributed by atoms with Crippen molar-refractivity contribution in [3.8, 4) is 0 Å². The summed E-state index contributed by atoms with van der Waals surface area (Å²) in [6.07, 6.45) is 0. The minimum Gasteiger partial charge on any atom is -0.507 e. The van der Waals surface area contributed by atoms with E-state index in [1.54, 1.807) is 19.1 Å². The Hall–Kier alpha value is -3.85. The number of ether oxygens (including phenoxy) is 1. The highest BCUT2D eigenvalue weighted by molar-refractivity contribution is 7.17. The van der Waals surface area contributed by atoms with Crippen molar-refractivity contribution >= 4 is 39.9 Å². The quantitative estimate of drug-likeness (QED) is 0.266. The molecule has 1 aliphatic heterocycles. The van der Waals surface area contributed by atoms with Gasteiger partial charge in [0.1, 0.15) is 16.5 Å². The second kappa shape index (κ2) is 8.59. The summed E-state index contributed by atoms with van der Waals surface area (Å²) in [5.74, 6) is -3.34. The van der Waals surface area contributed by atoms with Gasteiger partial charge in [-0.05, 0) is 43.7 Å². The Labute approximate surface area is 192 Å². The number of methoxy groups -OCH3 is 1. The first-order valence-corrected chi connectivity index (χ1v) is 10.7. The van der Waals surface area contributed by atoms with Crippen molar-refractivity contribution in [1.82, 2.24) is 4.98 Å². The van der Waals surface area contributed by atoms with Gasteiger partial charge >= 0.3 is 11.9 Å². The first-order valence-electron chi connectivity index (χ1n) is 9.92. The fourth-order valence-electron chi connectivity index (χ4n) is 3.62. The van der Waals surface area contributed by atoms with Gasteiger partial charge in [0.25, 0.3) is 5.78 Å². The maximum atomic E-state index is 13.4. The standard InChI is InChI=1S/C24H19FN2O5S/c1-12-4-6-14(7-5-12)18-17(19(28)15-8-10-16(25)11-9-15)20(29)22(30)27(18)24-26-13(2)21(33-24)23(31)32-3/h4-11,18,28H,1-3H3. The Kier molecular flexibility index (Phi) is 5.82. The number of anilines is 1. The summed E-state index contributed by atoms with van der Waals surface area (Å²) in [7, 11) is 1.24. The van der Waals surface area contributed by atoms with Crippen molar-refractivity contribution in [2.24, 2.45) is 0 Å². The molecule has 168 valence electrons. The number of aryl methyl sites for hydroxylation is 2. The number of benzene rings is 2. The summed E-state index contributed by atoms with van der Waals surface area (Å²) in [6, 6.07) is 11.1. The molecule has 1 aliphatic rings. The van der Waals surface area contributed by atoms with Gasteiger partial charge in [0.05, 0.1) is 24.4 Å². The van der Waals surface area contributed by atoms with Gasteiger partial charge in [-0.1, -0.05) is 41.2 Å². The molecular formula is C24H19FN2O5S. The van der Waals surface area contributed by atoms with Gasteiger partial charge in [0.15, 0.2) is 5.13 Å². The van der Waals surface area contributed by atoms with E-state index in [2.05, 4.69) is 4.98 Å². The van der Waals surface area contributed by atoms with Crippen LogP contribution in [0.15, 0.2) is 54.1 Å². The second-order valence-electron chi connectivity index (χ2n) is 7.49. The number of hydrogen-bond acceptors (Lipinski definition) is 7. The Morgan fingerprint density at radius 3 is 2.33 bits per heavy atom. The number of aliphatic hydroxyl groups excluding tert-OH is 1. The van der Waals surface area contributed by atoms with Crippen molar-refractivity contribution in [3.63, 3.8) is 0 Å². The Bertz CT molecular complexity index is 1300. The summed E-state index contributed by atoms with van der Waals surface area (Å²) in [5.41, 5.74) is 1.92. The van der Waals surface area contributed by atoms with Crippen LogP contribution in [-0.4, -0.2) is 34.9 Å². The molecule has 1 fully saturated rings. The predicted octanol–water partition coefficient (Wildman–Crippen LogP) is 4.31. The normalized spacial score (nSPS) is 17.5. The molecule has 2 heterocycles. The summed E-state index contributed by atoms with van der Waals surface area (Å²) in [4.78, 5) is 44.0. The fourth-order valence-corrected chi connectivity index (χ4v) is 4.64. The van der Waals surface area contributed by atoms with E-state index in [1.165, 1.54) is 24.1 Å². The van der Waals surface area contributed by atoms with E-state index in [-0.39, 0.29) is 21.1 Å². The Balaban J connectivity index is 1.93. The van der Waals surface area contributed by atoms with E-state index in [1.807, 2.05) is 19.1 Å². The van der Waals surface area contributed by atoms with E-state index in [9.17, 15) is 23.9 Å². The topological polar surface area (TPSA) is 96.8 Å². The summed E-state index contributed by atoms with van der Waals surface area (Å²) < 4.78 is 18.2. The van der Waals surface area contributed by atoms with Crippen LogP contribution in [0, 0.1) is 19.7 Å². The number of esters is 1. The van der Waals surface area contributed by atoms with Crippen molar-refractivity contribution in [3.05, 3.63) is 87.2 Å². The second-order valence-corrected chi connectivity index (χ2v) is 8.47. The number of aromatic nitrogens is 1. The number of halogens is 1. The van der Waals surface area contributed by atoms with Gasteiger partial charge in [-0.15, -0.1) is 0 Å². The van der Waals surface area contributed by atoms with Gasteiger partial charge in [0, 0.05) is 5.56 Å². The lowest BCUT2D eigenvalue weighted by atomic mass is 9.95. The molecular weight excluding hydrogens is 447 g/mol. The van der Waals surface area contributed by atoms with Gasteiger partial charge in [-0.3, -0.25) is 14.5 Å². The van der Waals surface area contributed by atoms with E-state index in [0.717, 1.165) is 29.0 Å². The number of Topliss-reactive ketones (excluding diaryl/α,β-unsaturated/α-hetero) is 1. The number of nitrogens with zero attached hydrogens (tertiary/aromatic N) is 2. The molecule has 4 rings (SSSR count). The van der Waals surface area contributed by atoms with Crippen LogP contribution in [0.3, 0.4) is 0 Å². The average molecular weight is 466 g/mol. The molecule has 1 amide bonds. The lowest BCUT2D eigenvalue weighted by Gasteiger charge is -2.23. The van der Waals surface area contributed by atoms with Gasteiger partial charge < -0.3 is 9.84 Å². The maximum Gasteiger partial charge on any atom is 0.350 e. The third-order valence-electron chi connectivity index (χ3n) is 5.32. The zero-order valence-electron chi connectivity index (χ0n) is 18.0. The van der Waals surface area contributed by atoms with E-state index >= 15 is 0 Å². The molecule has 1 aromatic heterocycles. The van der Waals surface area contributed by atoms with E-state index in [0.29, 0.717) is 11.3 Å². The highest BCUT2D eigenvalue weighted by atomic mass is 32.1. The molecule has 9 heteroatoms. The summed E-state index contributed by atoms with van der Waals surface area (Å²) >= 11 is 0.922. The highest BCUT2D eigenvalue weighted by Gasteiger charge is 2.48. The number of rotatable bonds is 4. The number of ketones is 1. The summed E-state index contributed by atoms with van der Waals surface area (Å²) in [5, 5.41) is 11.1.